The minimum atomic E-state index is -0.940. The summed E-state index contributed by atoms with van der Waals surface area (Å²) in [5, 5.41) is 9.94. The molecule has 0 saturated heterocycles. The highest BCUT2D eigenvalue weighted by Gasteiger charge is 2.12. The molecule has 3 heteroatoms. The van der Waals surface area contributed by atoms with Crippen LogP contribution in [0.1, 0.15) is 22.3 Å². The van der Waals surface area contributed by atoms with Gasteiger partial charge >= 0.3 is 5.97 Å². The molecule has 2 aromatic carbocycles. The molecule has 1 aromatic heterocycles. The van der Waals surface area contributed by atoms with Crippen LogP contribution in [0.3, 0.4) is 0 Å². The van der Waals surface area contributed by atoms with Crippen molar-refractivity contribution in [2.45, 2.75) is 20.8 Å². The van der Waals surface area contributed by atoms with Gasteiger partial charge in [-0.25, -0.2) is 4.79 Å². The molecule has 0 saturated carbocycles. The van der Waals surface area contributed by atoms with Crippen molar-refractivity contribution in [3.05, 3.63) is 70.9 Å². The maximum atomic E-state index is 10.8. The van der Waals surface area contributed by atoms with E-state index < -0.39 is 5.97 Å². The topological polar surface area (TPSA) is 42.2 Å². The minimum Gasteiger partial charge on any atom is -0.478 e. The predicted molar refractivity (Wildman–Crippen MR) is 94.2 cm³/mol. The Morgan fingerprint density at radius 2 is 1.74 bits per heavy atom. The lowest BCUT2D eigenvalue weighted by Crippen LogP contribution is -1.99. The van der Waals surface area contributed by atoms with Gasteiger partial charge in [-0.3, -0.25) is 0 Å². The molecule has 3 aromatic rings. The number of benzene rings is 2. The molecule has 0 fully saturated rings. The molecule has 3 rings (SSSR count). The van der Waals surface area contributed by atoms with E-state index in [1.807, 2.05) is 24.4 Å². The lowest BCUT2D eigenvalue weighted by Gasteiger charge is -2.14. The number of carbonyl (C=O) groups is 1. The Hall–Kier alpha value is -2.81. The molecule has 0 aliphatic heterocycles. The molecule has 0 aliphatic carbocycles. The second-order valence-electron chi connectivity index (χ2n) is 5.89. The lowest BCUT2D eigenvalue weighted by atomic mass is 10.0. The zero-order chi connectivity index (χ0) is 16.6. The molecule has 116 valence electrons. The average Bonchev–Trinajstić information content (AvgIpc) is 2.83. The van der Waals surface area contributed by atoms with Crippen LogP contribution in [0.15, 0.2) is 48.7 Å². The lowest BCUT2D eigenvalue weighted by molar-refractivity contribution is -0.131. The third kappa shape index (κ3) is 2.78. The summed E-state index contributed by atoms with van der Waals surface area (Å²) < 4.78 is 2.15. The van der Waals surface area contributed by atoms with E-state index in [2.05, 4.69) is 43.5 Å². The number of nitrogens with zero attached hydrogens (tertiary/aromatic N) is 1. The van der Waals surface area contributed by atoms with Crippen molar-refractivity contribution >= 4 is 22.9 Å². The van der Waals surface area contributed by atoms with Gasteiger partial charge in [0.15, 0.2) is 0 Å². The van der Waals surface area contributed by atoms with Crippen molar-refractivity contribution in [3.8, 4) is 5.69 Å². The van der Waals surface area contributed by atoms with Crippen LogP contribution in [0.2, 0.25) is 0 Å². The van der Waals surface area contributed by atoms with Crippen molar-refractivity contribution in [1.82, 2.24) is 4.57 Å². The van der Waals surface area contributed by atoms with E-state index in [0.29, 0.717) is 0 Å². The number of para-hydroxylation sites is 1. The molecule has 0 atom stereocenters. The first-order valence-corrected chi connectivity index (χ1v) is 7.56. The van der Waals surface area contributed by atoms with E-state index in [9.17, 15) is 4.79 Å². The van der Waals surface area contributed by atoms with Crippen molar-refractivity contribution in [3.63, 3.8) is 0 Å². The Morgan fingerprint density at radius 3 is 2.39 bits per heavy atom. The van der Waals surface area contributed by atoms with Crippen LogP contribution in [0.25, 0.3) is 22.7 Å². The Bertz CT molecular complexity index is 909. The number of aliphatic carboxylic acids is 1. The maximum Gasteiger partial charge on any atom is 0.328 e. The zero-order valence-corrected chi connectivity index (χ0v) is 13.5. The number of aryl methyl sites for hydroxylation is 3. The fourth-order valence-corrected chi connectivity index (χ4v) is 3.24. The Labute approximate surface area is 135 Å². The smallest absolute Gasteiger partial charge is 0.328 e. The average molecular weight is 305 g/mol. The maximum absolute atomic E-state index is 10.8. The van der Waals surface area contributed by atoms with E-state index in [0.717, 1.165) is 22.2 Å². The summed E-state index contributed by atoms with van der Waals surface area (Å²) in [5.41, 5.74) is 6.79. The van der Waals surface area contributed by atoms with Crippen molar-refractivity contribution in [2.24, 2.45) is 0 Å². The summed E-state index contributed by atoms with van der Waals surface area (Å²) in [6, 6.07) is 12.4. The summed E-state index contributed by atoms with van der Waals surface area (Å²) in [6.45, 7) is 6.31. The van der Waals surface area contributed by atoms with Crippen LogP contribution in [0.4, 0.5) is 0 Å². The van der Waals surface area contributed by atoms with Gasteiger partial charge in [-0.1, -0.05) is 35.9 Å². The highest BCUT2D eigenvalue weighted by atomic mass is 16.4. The van der Waals surface area contributed by atoms with Crippen LogP contribution >= 0.6 is 0 Å². The van der Waals surface area contributed by atoms with Gasteiger partial charge in [0, 0.05) is 23.2 Å². The predicted octanol–water partition coefficient (Wildman–Crippen LogP) is 4.65. The molecule has 0 aliphatic rings. The molecule has 0 amide bonds. The standard InChI is InChI=1S/C20H19NO2/c1-13-10-14(2)20(15(3)11-13)21-12-16(8-9-19(22)23)17-6-4-5-7-18(17)21/h4-12H,1-3H3,(H,22,23). The van der Waals surface area contributed by atoms with Gasteiger partial charge in [-0.2, -0.15) is 0 Å². The number of carboxylic acid groups (broad SMARTS) is 1. The van der Waals surface area contributed by atoms with Crippen LogP contribution in [-0.2, 0) is 4.79 Å². The molecule has 1 N–H and O–H groups in total. The number of fused-ring (bicyclic) bond motifs is 1. The summed E-state index contributed by atoms with van der Waals surface area (Å²) in [7, 11) is 0. The van der Waals surface area contributed by atoms with Gasteiger partial charge in [-0.15, -0.1) is 0 Å². The van der Waals surface area contributed by atoms with Crippen molar-refractivity contribution < 1.29 is 9.90 Å². The summed E-state index contributed by atoms with van der Waals surface area (Å²) >= 11 is 0. The normalized spacial score (nSPS) is 11.4. The molecule has 1 heterocycles. The van der Waals surface area contributed by atoms with Crippen LogP contribution < -0.4 is 0 Å². The molecule has 0 bridgehead atoms. The van der Waals surface area contributed by atoms with Crippen LogP contribution in [0, 0.1) is 20.8 Å². The van der Waals surface area contributed by atoms with Crippen molar-refractivity contribution in [2.75, 3.05) is 0 Å². The zero-order valence-electron chi connectivity index (χ0n) is 13.5. The fourth-order valence-electron chi connectivity index (χ4n) is 3.24. The number of rotatable bonds is 3. The molecular formula is C20H19NO2. The monoisotopic (exact) mass is 305 g/mol. The Kier molecular flexibility index (Phi) is 3.78. The van der Waals surface area contributed by atoms with Gasteiger partial charge in [0.1, 0.15) is 0 Å². The van der Waals surface area contributed by atoms with Gasteiger partial charge < -0.3 is 9.67 Å². The molecule has 0 radical (unpaired) electrons. The highest BCUT2D eigenvalue weighted by molar-refractivity contribution is 5.94. The molecule has 0 spiro atoms. The summed E-state index contributed by atoms with van der Waals surface area (Å²) in [5.74, 6) is -0.940. The van der Waals surface area contributed by atoms with E-state index >= 15 is 0 Å². The first-order chi connectivity index (χ1) is 11.0. The van der Waals surface area contributed by atoms with Crippen LogP contribution in [-0.4, -0.2) is 15.6 Å². The number of hydrogen-bond donors (Lipinski definition) is 1. The molecule has 3 nitrogen and oxygen atoms in total. The highest BCUT2D eigenvalue weighted by Crippen LogP contribution is 2.29. The fraction of sp³-hybridized carbons (Fsp3) is 0.150. The third-order valence-corrected chi connectivity index (χ3v) is 4.02. The first kappa shape index (κ1) is 15.1. The van der Waals surface area contributed by atoms with Crippen LogP contribution in [0.5, 0.6) is 0 Å². The Morgan fingerprint density at radius 1 is 1.09 bits per heavy atom. The largest absolute Gasteiger partial charge is 0.478 e. The number of aromatic nitrogens is 1. The summed E-state index contributed by atoms with van der Waals surface area (Å²) in [6.07, 6.45) is 4.84. The third-order valence-electron chi connectivity index (χ3n) is 4.02. The number of hydrogen-bond acceptors (Lipinski definition) is 1. The van der Waals surface area contributed by atoms with E-state index in [1.54, 1.807) is 6.08 Å². The summed E-state index contributed by atoms with van der Waals surface area (Å²) in [4.78, 5) is 10.8. The Balaban J connectivity index is 2.29. The van der Waals surface area contributed by atoms with E-state index in [1.165, 1.54) is 22.8 Å². The van der Waals surface area contributed by atoms with Gasteiger partial charge in [0.25, 0.3) is 0 Å². The van der Waals surface area contributed by atoms with Gasteiger partial charge in [0.2, 0.25) is 0 Å². The van der Waals surface area contributed by atoms with Gasteiger partial charge in [-0.05, 0) is 44.0 Å². The van der Waals surface area contributed by atoms with Gasteiger partial charge in [0.05, 0.1) is 11.2 Å². The van der Waals surface area contributed by atoms with E-state index in [-0.39, 0.29) is 0 Å². The first-order valence-electron chi connectivity index (χ1n) is 7.56. The molecule has 0 unspecified atom stereocenters. The second-order valence-corrected chi connectivity index (χ2v) is 5.89. The number of carboxylic acids is 1. The quantitative estimate of drug-likeness (QED) is 0.715. The van der Waals surface area contributed by atoms with E-state index in [4.69, 9.17) is 5.11 Å². The minimum absolute atomic E-state index is 0.905. The van der Waals surface area contributed by atoms with Crippen molar-refractivity contribution in [1.29, 1.82) is 0 Å². The SMILES string of the molecule is Cc1cc(C)c(-n2cc(C=CC(=O)O)c3ccccc32)c(C)c1. The second kappa shape index (κ2) is 5.76. The molecule has 23 heavy (non-hydrogen) atoms. The molecular weight excluding hydrogens is 286 g/mol.